The number of nitrogens with two attached hydrogens (primary N) is 1. The van der Waals surface area contributed by atoms with Crippen LogP contribution in [0.1, 0.15) is 5.56 Å². The number of nitrogens with zero attached hydrogens (tertiary/aromatic N) is 1. The van der Waals surface area contributed by atoms with E-state index in [1.165, 1.54) is 12.3 Å². The molecule has 0 aliphatic carbocycles. The summed E-state index contributed by atoms with van der Waals surface area (Å²) >= 11 is 2.93. The molecule has 12 heavy (non-hydrogen) atoms. The highest BCUT2D eigenvalue weighted by Gasteiger charge is 1.99. The number of aromatic nitrogens is 1. The van der Waals surface area contributed by atoms with Crippen molar-refractivity contribution in [2.24, 2.45) is 5.73 Å². The van der Waals surface area contributed by atoms with Crippen LogP contribution in [0.2, 0.25) is 0 Å². The maximum absolute atomic E-state index is 12.6. The fourth-order valence-corrected chi connectivity index (χ4v) is 0.789. The Morgan fingerprint density at radius 2 is 2.08 bits per heavy atom. The van der Waals surface area contributed by atoms with E-state index in [-0.39, 0.29) is 35.2 Å². The minimum absolute atomic E-state index is 0. The van der Waals surface area contributed by atoms with Gasteiger partial charge in [-0.15, -0.1) is 24.8 Å². The number of pyridine rings is 1. The number of rotatable bonds is 1. The Morgan fingerprint density at radius 1 is 1.50 bits per heavy atom. The van der Waals surface area contributed by atoms with Gasteiger partial charge in [-0.1, -0.05) is 0 Å². The van der Waals surface area contributed by atoms with Crippen LogP contribution in [-0.2, 0) is 6.54 Å². The van der Waals surface area contributed by atoms with Gasteiger partial charge in [-0.25, -0.2) is 9.37 Å². The summed E-state index contributed by atoms with van der Waals surface area (Å²) in [7, 11) is 0. The molecule has 70 valence electrons. The molecule has 0 aromatic carbocycles. The molecule has 1 rings (SSSR count). The van der Waals surface area contributed by atoms with Crippen molar-refractivity contribution in [1.29, 1.82) is 0 Å². The minimum atomic E-state index is -0.372. The second-order valence-electron chi connectivity index (χ2n) is 1.82. The van der Waals surface area contributed by atoms with Crippen LogP contribution in [0.4, 0.5) is 4.39 Å². The molecule has 0 radical (unpaired) electrons. The van der Waals surface area contributed by atoms with Gasteiger partial charge in [-0.05, 0) is 27.6 Å². The smallest absolute Gasteiger partial charge is 0.156 e. The Morgan fingerprint density at radius 3 is 2.50 bits per heavy atom. The lowest BCUT2D eigenvalue weighted by molar-refractivity contribution is 0.610. The van der Waals surface area contributed by atoms with Gasteiger partial charge in [0.2, 0.25) is 0 Å². The molecular formula is C6H8BrCl2FN2. The van der Waals surface area contributed by atoms with Crippen molar-refractivity contribution >= 4 is 40.7 Å². The quantitative estimate of drug-likeness (QED) is 0.800. The third-order valence-corrected chi connectivity index (χ3v) is 1.67. The van der Waals surface area contributed by atoms with Gasteiger partial charge < -0.3 is 5.73 Å². The van der Waals surface area contributed by atoms with Crippen LogP contribution in [0.15, 0.2) is 16.9 Å². The molecule has 1 aromatic heterocycles. The largest absolute Gasteiger partial charge is 0.326 e. The Balaban J connectivity index is 0. The molecule has 1 aromatic rings. The molecule has 0 aliphatic heterocycles. The highest BCUT2D eigenvalue weighted by molar-refractivity contribution is 9.10. The molecule has 0 aliphatic rings. The van der Waals surface area contributed by atoms with Crippen LogP contribution >= 0.6 is 40.7 Å². The summed E-state index contributed by atoms with van der Waals surface area (Å²) in [5.41, 5.74) is 5.94. The molecule has 0 saturated carbocycles. The van der Waals surface area contributed by atoms with E-state index in [0.29, 0.717) is 12.1 Å². The molecular weight excluding hydrogens is 270 g/mol. The van der Waals surface area contributed by atoms with Gasteiger partial charge in [-0.2, -0.15) is 0 Å². The zero-order valence-electron chi connectivity index (χ0n) is 5.96. The molecule has 2 N–H and O–H groups in total. The Labute approximate surface area is 90.7 Å². The standard InChI is InChI=1S/C6H6BrFN2.2ClH/c7-6-5(8)1-4(2-9)3-10-6;;/h1,3H,2,9H2;2*1H. The van der Waals surface area contributed by atoms with Crippen molar-refractivity contribution in [3.05, 3.63) is 28.2 Å². The van der Waals surface area contributed by atoms with E-state index in [1.54, 1.807) is 0 Å². The van der Waals surface area contributed by atoms with Crippen molar-refractivity contribution in [3.63, 3.8) is 0 Å². The van der Waals surface area contributed by atoms with Crippen LogP contribution in [0, 0.1) is 5.82 Å². The normalized spacial score (nSPS) is 8.25. The summed E-state index contributed by atoms with van der Waals surface area (Å²) < 4.78 is 12.8. The third kappa shape index (κ3) is 3.67. The van der Waals surface area contributed by atoms with E-state index >= 15 is 0 Å². The maximum atomic E-state index is 12.6. The lowest BCUT2D eigenvalue weighted by Gasteiger charge is -1.95. The van der Waals surface area contributed by atoms with Crippen molar-refractivity contribution in [2.45, 2.75) is 6.54 Å². The van der Waals surface area contributed by atoms with Crippen molar-refractivity contribution in [1.82, 2.24) is 4.98 Å². The van der Waals surface area contributed by atoms with Crippen LogP contribution in [0.25, 0.3) is 0 Å². The van der Waals surface area contributed by atoms with Gasteiger partial charge in [0.25, 0.3) is 0 Å². The first-order chi connectivity index (χ1) is 4.74. The van der Waals surface area contributed by atoms with Gasteiger partial charge in [0.05, 0.1) is 0 Å². The van der Waals surface area contributed by atoms with Crippen molar-refractivity contribution < 1.29 is 4.39 Å². The number of halogens is 4. The van der Waals surface area contributed by atoms with E-state index in [2.05, 4.69) is 20.9 Å². The Bertz CT molecular complexity index is 247. The predicted octanol–water partition coefficient (Wildman–Crippen LogP) is 2.29. The highest BCUT2D eigenvalue weighted by Crippen LogP contribution is 2.11. The molecule has 2 nitrogen and oxygen atoms in total. The highest BCUT2D eigenvalue weighted by atomic mass is 79.9. The number of hydrogen-bond acceptors (Lipinski definition) is 2. The summed E-state index contributed by atoms with van der Waals surface area (Å²) in [5, 5.41) is 0. The van der Waals surface area contributed by atoms with Gasteiger partial charge in [0.1, 0.15) is 4.60 Å². The first kappa shape index (κ1) is 14.6. The third-order valence-electron chi connectivity index (χ3n) is 1.09. The van der Waals surface area contributed by atoms with Crippen LogP contribution in [0.3, 0.4) is 0 Å². The van der Waals surface area contributed by atoms with Crippen molar-refractivity contribution in [3.8, 4) is 0 Å². The maximum Gasteiger partial charge on any atom is 0.156 e. The lowest BCUT2D eigenvalue weighted by atomic mass is 10.3. The van der Waals surface area contributed by atoms with Gasteiger partial charge in [0.15, 0.2) is 5.82 Å². The monoisotopic (exact) mass is 276 g/mol. The molecule has 0 unspecified atom stereocenters. The second kappa shape index (κ2) is 6.60. The molecule has 6 heteroatoms. The fourth-order valence-electron chi connectivity index (χ4n) is 0.572. The summed E-state index contributed by atoms with van der Waals surface area (Å²) in [6, 6.07) is 1.36. The van der Waals surface area contributed by atoms with Crippen molar-refractivity contribution in [2.75, 3.05) is 0 Å². The average Bonchev–Trinajstić information content (AvgIpc) is 1.95. The number of hydrogen-bond donors (Lipinski definition) is 1. The molecule has 0 bridgehead atoms. The first-order valence-electron chi connectivity index (χ1n) is 2.74. The van der Waals surface area contributed by atoms with Gasteiger partial charge in [-0.3, -0.25) is 0 Å². The minimum Gasteiger partial charge on any atom is -0.326 e. The van der Waals surface area contributed by atoms with Gasteiger partial charge >= 0.3 is 0 Å². The zero-order chi connectivity index (χ0) is 7.56. The molecule has 0 fully saturated rings. The average molecular weight is 278 g/mol. The van der Waals surface area contributed by atoms with E-state index in [1.807, 2.05) is 0 Å². The summed E-state index contributed by atoms with van der Waals surface area (Å²) in [6.45, 7) is 0.317. The Hall–Kier alpha value is 0.1000. The van der Waals surface area contributed by atoms with Crippen LogP contribution in [0.5, 0.6) is 0 Å². The SMILES string of the molecule is Cl.Cl.NCc1cnc(Br)c(F)c1. The lowest BCUT2D eigenvalue weighted by Crippen LogP contribution is -1.97. The van der Waals surface area contributed by atoms with E-state index in [0.717, 1.165) is 0 Å². The van der Waals surface area contributed by atoms with Crippen LogP contribution in [-0.4, -0.2) is 4.98 Å². The summed E-state index contributed by atoms with van der Waals surface area (Å²) in [6.07, 6.45) is 1.53. The summed E-state index contributed by atoms with van der Waals surface area (Å²) in [5.74, 6) is -0.372. The molecule has 0 atom stereocenters. The molecule has 0 amide bonds. The van der Waals surface area contributed by atoms with E-state index < -0.39 is 0 Å². The zero-order valence-corrected chi connectivity index (χ0v) is 9.18. The van der Waals surface area contributed by atoms with Gasteiger partial charge in [0, 0.05) is 12.7 Å². The van der Waals surface area contributed by atoms with Crippen LogP contribution < -0.4 is 5.73 Å². The second-order valence-corrected chi connectivity index (χ2v) is 2.57. The summed E-state index contributed by atoms with van der Waals surface area (Å²) in [4.78, 5) is 3.71. The van der Waals surface area contributed by atoms with E-state index in [4.69, 9.17) is 5.73 Å². The fraction of sp³-hybridized carbons (Fsp3) is 0.167. The molecule has 0 saturated heterocycles. The topological polar surface area (TPSA) is 38.9 Å². The molecule has 1 heterocycles. The molecule has 0 spiro atoms. The first-order valence-corrected chi connectivity index (χ1v) is 3.53. The Kier molecular flexibility index (Phi) is 8.04. The van der Waals surface area contributed by atoms with E-state index in [9.17, 15) is 4.39 Å². The predicted molar refractivity (Wildman–Crippen MR) is 54.3 cm³/mol.